The maximum Gasteiger partial charge on any atom is 0.339 e. The van der Waals surface area contributed by atoms with Gasteiger partial charge in [-0.25, -0.2) is 4.79 Å². The lowest BCUT2D eigenvalue weighted by Gasteiger charge is -2.25. The minimum absolute atomic E-state index is 0.193. The summed E-state index contributed by atoms with van der Waals surface area (Å²) in [5.74, 6) is -0.193. The molecule has 1 aliphatic rings. The number of cyclic esters (lactones) is 1. The Balaban J connectivity index is 2.61. The van der Waals surface area contributed by atoms with Gasteiger partial charge in [0.2, 0.25) is 0 Å². The fourth-order valence-corrected chi connectivity index (χ4v) is 2.50. The fourth-order valence-electron chi connectivity index (χ4n) is 2.13. The van der Waals surface area contributed by atoms with Crippen LogP contribution >= 0.6 is 15.9 Å². The molecule has 1 aliphatic heterocycles. The number of benzene rings is 1. The van der Waals surface area contributed by atoms with Crippen LogP contribution in [0.25, 0.3) is 0 Å². The molecule has 2 rings (SSSR count). The molecule has 2 nitrogen and oxygen atoms in total. The first-order valence-electron chi connectivity index (χ1n) is 5.16. The third-order valence-corrected chi connectivity index (χ3v) is 3.62. The molecular formula is C12H13BrO2. The molecule has 0 spiro atoms. The highest BCUT2D eigenvalue weighted by atomic mass is 79.9. The van der Waals surface area contributed by atoms with Crippen LogP contribution in [0.4, 0.5) is 0 Å². The van der Waals surface area contributed by atoms with E-state index in [2.05, 4.69) is 15.9 Å². The molecule has 0 N–H and O–H groups in total. The summed E-state index contributed by atoms with van der Waals surface area (Å²) in [6.07, 6.45) is 1.64. The standard InChI is InChI=1S/C12H13BrO2/c1-3-12(4-2)10-7-8(13)5-6-9(10)11(14)15-12/h5-7H,3-4H2,1-2H3. The zero-order valence-electron chi connectivity index (χ0n) is 8.84. The Morgan fingerprint density at radius 3 is 2.60 bits per heavy atom. The van der Waals surface area contributed by atoms with E-state index in [-0.39, 0.29) is 5.97 Å². The van der Waals surface area contributed by atoms with E-state index in [0.29, 0.717) is 5.56 Å². The summed E-state index contributed by atoms with van der Waals surface area (Å²) in [7, 11) is 0. The number of carbonyl (C=O) groups is 1. The van der Waals surface area contributed by atoms with Crippen molar-refractivity contribution in [3.05, 3.63) is 33.8 Å². The van der Waals surface area contributed by atoms with Crippen molar-refractivity contribution in [2.75, 3.05) is 0 Å². The minimum Gasteiger partial charge on any atom is -0.451 e. The van der Waals surface area contributed by atoms with E-state index in [1.165, 1.54) is 0 Å². The van der Waals surface area contributed by atoms with Crippen molar-refractivity contribution in [3.8, 4) is 0 Å². The number of esters is 1. The van der Waals surface area contributed by atoms with Crippen molar-refractivity contribution < 1.29 is 9.53 Å². The van der Waals surface area contributed by atoms with E-state index >= 15 is 0 Å². The molecular weight excluding hydrogens is 256 g/mol. The average molecular weight is 269 g/mol. The van der Waals surface area contributed by atoms with Gasteiger partial charge >= 0.3 is 5.97 Å². The summed E-state index contributed by atoms with van der Waals surface area (Å²) in [5, 5.41) is 0. The summed E-state index contributed by atoms with van der Waals surface area (Å²) in [6.45, 7) is 4.10. The van der Waals surface area contributed by atoms with Crippen LogP contribution in [0.2, 0.25) is 0 Å². The lowest BCUT2D eigenvalue weighted by Crippen LogP contribution is -2.23. The summed E-state index contributed by atoms with van der Waals surface area (Å²) in [6, 6.07) is 5.70. The lowest BCUT2D eigenvalue weighted by molar-refractivity contribution is -0.0126. The first-order chi connectivity index (χ1) is 7.13. The van der Waals surface area contributed by atoms with Crippen molar-refractivity contribution in [1.82, 2.24) is 0 Å². The average Bonchev–Trinajstić information content (AvgIpc) is 2.52. The first kappa shape index (κ1) is 10.7. The molecule has 3 heteroatoms. The molecule has 0 unspecified atom stereocenters. The second kappa shape index (κ2) is 3.63. The molecule has 1 heterocycles. The van der Waals surface area contributed by atoms with Crippen LogP contribution in [0.3, 0.4) is 0 Å². The number of hydrogen-bond acceptors (Lipinski definition) is 2. The molecule has 0 radical (unpaired) electrons. The SMILES string of the molecule is CCC1(CC)OC(=O)c2ccc(Br)cc21. The van der Waals surface area contributed by atoms with Gasteiger partial charge in [-0.1, -0.05) is 29.8 Å². The van der Waals surface area contributed by atoms with Gasteiger partial charge in [-0.15, -0.1) is 0 Å². The van der Waals surface area contributed by atoms with Crippen LogP contribution in [0, 0.1) is 0 Å². The van der Waals surface area contributed by atoms with Crippen molar-refractivity contribution in [2.24, 2.45) is 0 Å². The Labute approximate surface area is 97.8 Å². The molecule has 80 valence electrons. The van der Waals surface area contributed by atoms with Crippen molar-refractivity contribution in [1.29, 1.82) is 0 Å². The van der Waals surface area contributed by atoms with Crippen LogP contribution in [-0.4, -0.2) is 5.97 Å². The lowest BCUT2D eigenvalue weighted by atomic mass is 9.88. The largest absolute Gasteiger partial charge is 0.451 e. The van der Waals surface area contributed by atoms with Gasteiger partial charge in [-0.3, -0.25) is 0 Å². The van der Waals surface area contributed by atoms with Gasteiger partial charge in [0.25, 0.3) is 0 Å². The Hall–Kier alpha value is -0.830. The van der Waals surface area contributed by atoms with Gasteiger partial charge in [0, 0.05) is 10.0 Å². The molecule has 0 bridgehead atoms. The maximum absolute atomic E-state index is 11.7. The van der Waals surface area contributed by atoms with Crippen molar-refractivity contribution >= 4 is 21.9 Å². The van der Waals surface area contributed by atoms with Gasteiger partial charge in [0.15, 0.2) is 0 Å². The number of halogens is 1. The number of rotatable bonds is 2. The van der Waals surface area contributed by atoms with Gasteiger partial charge in [0.1, 0.15) is 5.60 Å². The third kappa shape index (κ3) is 1.49. The van der Waals surface area contributed by atoms with Gasteiger partial charge < -0.3 is 4.74 Å². The van der Waals surface area contributed by atoms with Crippen LogP contribution in [0.15, 0.2) is 22.7 Å². The molecule has 0 aliphatic carbocycles. The van der Waals surface area contributed by atoms with Crippen molar-refractivity contribution in [2.45, 2.75) is 32.3 Å². The van der Waals surface area contributed by atoms with Gasteiger partial charge in [-0.2, -0.15) is 0 Å². The minimum atomic E-state index is -0.407. The Morgan fingerprint density at radius 2 is 2.00 bits per heavy atom. The van der Waals surface area contributed by atoms with Crippen molar-refractivity contribution in [3.63, 3.8) is 0 Å². The second-order valence-corrected chi connectivity index (χ2v) is 4.70. The fraction of sp³-hybridized carbons (Fsp3) is 0.417. The first-order valence-corrected chi connectivity index (χ1v) is 5.95. The zero-order chi connectivity index (χ0) is 11.1. The van der Waals surface area contributed by atoms with E-state index in [4.69, 9.17) is 4.74 Å². The predicted molar refractivity (Wildman–Crippen MR) is 61.8 cm³/mol. The molecule has 1 aromatic rings. The van der Waals surface area contributed by atoms with Crippen LogP contribution in [0.1, 0.15) is 42.6 Å². The van der Waals surface area contributed by atoms with Gasteiger partial charge in [-0.05, 0) is 31.0 Å². The highest BCUT2D eigenvalue weighted by molar-refractivity contribution is 9.10. The van der Waals surface area contributed by atoms with E-state index in [0.717, 1.165) is 22.9 Å². The molecule has 0 atom stereocenters. The van der Waals surface area contributed by atoms with Crippen LogP contribution in [-0.2, 0) is 10.3 Å². The highest BCUT2D eigenvalue weighted by Crippen LogP contribution is 2.42. The van der Waals surface area contributed by atoms with E-state index in [1.54, 1.807) is 0 Å². The molecule has 0 saturated carbocycles. The topological polar surface area (TPSA) is 26.3 Å². The number of ether oxygens (including phenoxy) is 1. The third-order valence-electron chi connectivity index (χ3n) is 3.12. The summed E-state index contributed by atoms with van der Waals surface area (Å²) < 4.78 is 6.50. The molecule has 0 fully saturated rings. The van der Waals surface area contributed by atoms with E-state index in [1.807, 2.05) is 32.0 Å². The van der Waals surface area contributed by atoms with Crippen LogP contribution in [0.5, 0.6) is 0 Å². The summed E-state index contributed by atoms with van der Waals surface area (Å²) in [4.78, 5) is 11.7. The highest BCUT2D eigenvalue weighted by Gasteiger charge is 2.42. The summed E-state index contributed by atoms with van der Waals surface area (Å²) >= 11 is 3.43. The number of hydrogen-bond donors (Lipinski definition) is 0. The molecule has 0 saturated heterocycles. The zero-order valence-corrected chi connectivity index (χ0v) is 10.4. The Bertz CT molecular complexity index is 408. The number of carbonyl (C=O) groups excluding carboxylic acids is 1. The normalized spacial score (nSPS) is 17.4. The van der Waals surface area contributed by atoms with Crippen LogP contribution < -0.4 is 0 Å². The van der Waals surface area contributed by atoms with E-state index < -0.39 is 5.60 Å². The monoisotopic (exact) mass is 268 g/mol. The quantitative estimate of drug-likeness (QED) is 0.766. The Morgan fingerprint density at radius 1 is 1.33 bits per heavy atom. The predicted octanol–water partition coefficient (Wildman–Crippen LogP) is 3.63. The van der Waals surface area contributed by atoms with Gasteiger partial charge in [0.05, 0.1) is 5.56 Å². The molecule has 1 aromatic carbocycles. The molecule has 0 aromatic heterocycles. The molecule has 15 heavy (non-hydrogen) atoms. The van der Waals surface area contributed by atoms with E-state index in [9.17, 15) is 4.79 Å². The smallest absolute Gasteiger partial charge is 0.339 e. The molecule has 0 amide bonds. The number of fused-ring (bicyclic) bond motifs is 1. The maximum atomic E-state index is 11.7. The second-order valence-electron chi connectivity index (χ2n) is 3.78. The summed E-state index contributed by atoms with van der Waals surface area (Å²) in [5.41, 5.74) is 1.32. The Kier molecular flexibility index (Phi) is 2.59.